The van der Waals surface area contributed by atoms with Crippen molar-refractivity contribution in [3.8, 4) is 0 Å². The normalized spacial score (nSPS) is 20.9. The molecule has 1 saturated heterocycles. The lowest BCUT2D eigenvalue weighted by Crippen LogP contribution is -2.54. The number of nitrogens with zero attached hydrogens (tertiary/aromatic N) is 1. The molecule has 0 saturated carbocycles. The fourth-order valence-electron chi connectivity index (χ4n) is 2.79. The molecule has 3 rings (SSSR count). The summed E-state index contributed by atoms with van der Waals surface area (Å²) in [7, 11) is 0. The Morgan fingerprint density at radius 3 is 2.17 bits per heavy atom. The second-order valence-corrected chi connectivity index (χ2v) is 5.26. The first kappa shape index (κ1) is 15.2. The molecular formula is C14H9F3N2O4. The molecule has 1 aromatic carbocycles. The van der Waals surface area contributed by atoms with Gasteiger partial charge >= 0.3 is 0 Å². The summed E-state index contributed by atoms with van der Waals surface area (Å²) in [5.41, 5.74) is -2.00. The topological polar surface area (TPSA) is 83.6 Å². The third kappa shape index (κ3) is 1.96. The van der Waals surface area contributed by atoms with Gasteiger partial charge in [0, 0.05) is 12.0 Å². The number of rotatable bonds is 1. The number of piperidine rings is 1. The number of hydrogen-bond acceptors (Lipinski definition) is 4. The van der Waals surface area contributed by atoms with Gasteiger partial charge in [0.15, 0.2) is 17.5 Å². The maximum absolute atomic E-state index is 13.9. The summed E-state index contributed by atoms with van der Waals surface area (Å²) >= 11 is 0. The van der Waals surface area contributed by atoms with E-state index in [2.05, 4.69) is 0 Å². The number of fused-ring (bicyclic) bond motifs is 1. The molecule has 4 amide bonds. The van der Waals surface area contributed by atoms with Crippen LogP contribution in [0.4, 0.5) is 13.2 Å². The van der Waals surface area contributed by atoms with E-state index in [1.165, 1.54) is 0 Å². The first-order valence-electron chi connectivity index (χ1n) is 6.64. The Kier molecular flexibility index (Phi) is 3.24. The zero-order valence-electron chi connectivity index (χ0n) is 11.7. The first-order chi connectivity index (χ1) is 10.8. The molecule has 6 nitrogen and oxygen atoms in total. The van der Waals surface area contributed by atoms with Gasteiger partial charge < -0.3 is 0 Å². The summed E-state index contributed by atoms with van der Waals surface area (Å²) in [6.07, 6.45) is -0.254. The molecule has 2 aliphatic heterocycles. The van der Waals surface area contributed by atoms with Crippen LogP contribution in [0.15, 0.2) is 0 Å². The largest absolute Gasteiger partial charge is 0.295 e. The highest BCUT2D eigenvalue weighted by Crippen LogP contribution is 2.34. The molecule has 23 heavy (non-hydrogen) atoms. The molecule has 1 N–H and O–H groups in total. The van der Waals surface area contributed by atoms with Crippen LogP contribution in [0, 0.1) is 24.4 Å². The third-order valence-electron chi connectivity index (χ3n) is 3.95. The van der Waals surface area contributed by atoms with E-state index >= 15 is 0 Å². The predicted octanol–water partition coefficient (Wildman–Crippen LogP) is 0.814. The monoisotopic (exact) mass is 326 g/mol. The van der Waals surface area contributed by atoms with Gasteiger partial charge in [0.1, 0.15) is 6.04 Å². The molecule has 0 unspecified atom stereocenters. The van der Waals surface area contributed by atoms with Crippen LogP contribution < -0.4 is 5.32 Å². The lowest BCUT2D eigenvalue weighted by atomic mass is 10.0. The molecule has 9 heteroatoms. The Hall–Kier alpha value is -2.71. The quantitative estimate of drug-likeness (QED) is 0.612. The minimum Gasteiger partial charge on any atom is -0.295 e. The van der Waals surface area contributed by atoms with Crippen molar-refractivity contribution in [1.82, 2.24) is 10.2 Å². The van der Waals surface area contributed by atoms with E-state index in [1.807, 2.05) is 5.32 Å². The van der Waals surface area contributed by atoms with E-state index in [0.717, 1.165) is 6.92 Å². The van der Waals surface area contributed by atoms with Crippen molar-refractivity contribution in [1.29, 1.82) is 0 Å². The lowest BCUT2D eigenvalue weighted by Gasteiger charge is -2.27. The Labute approximate surface area is 127 Å². The maximum Gasteiger partial charge on any atom is 0.265 e. The van der Waals surface area contributed by atoms with Crippen LogP contribution in [0.25, 0.3) is 0 Å². The maximum atomic E-state index is 13.9. The second-order valence-electron chi connectivity index (χ2n) is 5.26. The van der Waals surface area contributed by atoms with Crippen molar-refractivity contribution in [2.24, 2.45) is 0 Å². The first-order valence-corrected chi connectivity index (χ1v) is 6.64. The molecule has 0 bridgehead atoms. The van der Waals surface area contributed by atoms with Gasteiger partial charge in [-0.25, -0.2) is 13.2 Å². The van der Waals surface area contributed by atoms with Crippen LogP contribution in [0.3, 0.4) is 0 Å². The van der Waals surface area contributed by atoms with Gasteiger partial charge in [-0.1, -0.05) is 0 Å². The van der Waals surface area contributed by atoms with E-state index in [1.54, 1.807) is 0 Å². The number of amides is 4. The Balaban J connectivity index is 2.12. The highest BCUT2D eigenvalue weighted by Gasteiger charge is 2.48. The van der Waals surface area contributed by atoms with Crippen LogP contribution in [-0.2, 0) is 9.59 Å². The molecule has 120 valence electrons. The average molecular weight is 326 g/mol. The van der Waals surface area contributed by atoms with Gasteiger partial charge in [0.05, 0.1) is 11.1 Å². The van der Waals surface area contributed by atoms with Crippen LogP contribution in [0.2, 0.25) is 0 Å². The van der Waals surface area contributed by atoms with Crippen LogP contribution in [-0.4, -0.2) is 34.6 Å². The van der Waals surface area contributed by atoms with Gasteiger partial charge in [-0.15, -0.1) is 0 Å². The van der Waals surface area contributed by atoms with Gasteiger partial charge in [-0.05, 0) is 13.3 Å². The fourth-order valence-corrected chi connectivity index (χ4v) is 2.79. The Bertz CT molecular complexity index is 759. The summed E-state index contributed by atoms with van der Waals surface area (Å²) in [5.74, 6) is -8.96. The van der Waals surface area contributed by atoms with Crippen LogP contribution in [0.5, 0.6) is 0 Å². The summed E-state index contributed by atoms with van der Waals surface area (Å²) in [5, 5.41) is 1.96. The highest BCUT2D eigenvalue weighted by molar-refractivity contribution is 6.24. The summed E-state index contributed by atoms with van der Waals surface area (Å²) < 4.78 is 41.0. The SMILES string of the molecule is Cc1c(F)c(F)c(F)c2c1C(=O)N([C@H]1CCC(=O)NC1=O)C2=O. The van der Waals surface area contributed by atoms with Crippen molar-refractivity contribution >= 4 is 23.6 Å². The zero-order chi connectivity index (χ0) is 17.0. The third-order valence-corrected chi connectivity index (χ3v) is 3.95. The standard InChI is InChI=1S/C14H9F3N2O4/c1-4-7-8(10(16)11(17)9(4)15)14(23)19(13(7)22)5-2-3-6(20)18-12(5)21/h5H,2-3H2,1H3,(H,18,20,21)/t5-/m0/s1. The minimum atomic E-state index is -1.85. The van der Waals surface area contributed by atoms with Crippen molar-refractivity contribution in [3.05, 3.63) is 34.1 Å². The molecular weight excluding hydrogens is 317 g/mol. The smallest absolute Gasteiger partial charge is 0.265 e. The molecule has 1 aromatic rings. The van der Waals surface area contributed by atoms with Crippen LogP contribution >= 0.6 is 0 Å². The van der Waals surface area contributed by atoms with Crippen molar-refractivity contribution < 1.29 is 32.3 Å². The number of imide groups is 2. The molecule has 0 radical (unpaired) electrons. The van der Waals surface area contributed by atoms with Gasteiger partial charge in [-0.2, -0.15) is 0 Å². The number of nitrogens with one attached hydrogen (secondary N) is 1. The van der Waals surface area contributed by atoms with E-state index < -0.39 is 63.8 Å². The Morgan fingerprint density at radius 2 is 1.57 bits per heavy atom. The van der Waals surface area contributed by atoms with Gasteiger partial charge in [0.2, 0.25) is 11.8 Å². The summed E-state index contributed by atoms with van der Waals surface area (Å²) in [6.45, 7) is 1.04. The summed E-state index contributed by atoms with van der Waals surface area (Å²) in [4.78, 5) is 48.0. The van der Waals surface area contributed by atoms with E-state index in [4.69, 9.17) is 0 Å². The molecule has 0 spiro atoms. The zero-order valence-corrected chi connectivity index (χ0v) is 11.7. The minimum absolute atomic E-state index is 0.117. The molecule has 1 fully saturated rings. The number of benzene rings is 1. The highest BCUT2D eigenvalue weighted by atomic mass is 19.2. The molecule has 0 aromatic heterocycles. The van der Waals surface area contributed by atoms with Crippen LogP contribution in [0.1, 0.15) is 39.1 Å². The van der Waals surface area contributed by atoms with Crippen molar-refractivity contribution in [2.75, 3.05) is 0 Å². The molecule has 1 atom stereocenters. The molecule has 0 aliphatic carbocycles. The van der Waals surface area contributed by atoms with Gasteiger partial charge in [-0.3, -0.25) is 29.4 Å². The van der Waals surface area contributed by atoms with Crippen molar-refractivity contribution in [3.63, 3.8) is 0 Å². The van der Waals surface area contributed by atoms with Crippen molar-refractivity contribution in [2.45, 2.75) is 25.8 Å². The molecule has 2 aliphatic rings. The number of carbonyl (C=O) groups excluding carboxylic acids is 4. The average Bonchev–Trinajstić information content (AvgIpc) is 2.75. The molecule has 2 heterocycles. The lowest BCUT2D eigenvalue weighted by molar-refractivity contribution is -0.136. The van der Waals surface area contributed by atoms with E-state index in [0.29, 0.717) is 4.90 Å². The van der Waals surface area contributed by atoms with E-state index in [-0.39, 0.29) is 12.8 Å². The fraction of sp³-hybridized carbons (Fsp3) is 0.286. The second kappa shape index (κ2) is 4.90. The number of halogens is 3. The summed E-state index contributed by atoms with van der Waals surface area (Å²) in [6, 6.07) is -1.33. The number of hydrogen-bond donors (Lipinski definition) is 1. The van der Waals surface area contributed by atoms with E-state index in [9.17, 15) is 32.3 Å². The Morgan fingerprint density at radius 1 is 0.957 bits per heavy atom. The predicted molar refractivity (Wildman–Crippen MR) is 67.7 cm³/mol. The van der Waals surface area contributed by atoms with Gasteiger partial charge in [0.25, 0.3) is 11.8 Å². The number of carbonyl (C=O) groups is 4.